The van der Waals surface area contributed by atoms with Crippen LogP contribution >= 0.6 is 0 Å². The Hall–Kier alpha value is -1.94. The molecule has 0 heterocycles. The van der Waals surface area contributed by atoms with Gasteiger partial charge in [0.15, 0.2) is 0 Å². The summed E-state index contributed by atoms with van der Waals surface area (Å²) in [5, 5.41) is 0. The largest absolute Gasteiger partial charge is 0.491 e. The van der Waals surface area contributed by atoms with Gasteiger partial charge in [-0.05, 0) is 36.2 Å². The van der Waals surface area contributed by atoms with Crippen LogP contribution in [0.15, 0.2) is 42.5 Å². The summed E-state index contributed by atoms with van der Waals surface area (Å²) in [6.45, 7) is 2.04. The minimum Gasteiger partial charge on any atom is -0.491 e. The molecule has 4 heteroatoms. The van der Waals surface area contributed by atoms with E-state index in [1.54, 1.807) is 18.2 Å². The van der Waals surface area contributed by atoms with Crippen LogP contribution in [0.5, 0.6) is 5.75 Å². The van der Waals surface area contributed by atoms with E-state index in [4.69, 9.17) is 10.5 Å². The molecule has 0 aliphatic heterocycles. The molecule has 100 valence electrons. The van der Waals surface area contributed by atoms with Crippen LogP contribution in [0, 0.1) is 18.6 Å². The molecule has 1 atom stereocenters. The number of aryl methyl sites for hydroxylation is 1. The molecular formula is C15H15F2NO. The smallest absolute Gasteiger partial charge is 0.126 e. The summed E-state index contributed by atoms with van der Waals surface area (Å²) in [6, 6.07) is 9.89. The second kappa shape index (κ2) is 5.80. The zero-order valence-electron chi connectivity index (χ0n) is 10.6. The van der Waals surface area contributed by atoms with Crippen LogP contribution in [-0.2, 0) is 0 Å². The Kier molecular flexibility index (Phi) is 4.12. The lowest BCUT2D eigenvalue weighted by molar-refractivity contribution is 0.287. The average Bonchev–Trinajstić information content (AvgIpc) is 2.40. The molecule has 1 unspecified atom stereocenters. The predicted octanol–water partition coefficient (Wildman–Crippen LogP) is 3.35. The summed E-state index contributed by atoms with van der Waals surface area (Å²) in [6.07, 6.45) is 0. The number of hydrogen-bond donors (Lipinski definition) is 1. The van der Waals surface area contributed by atoms with Gasteiger partial charge in [-0.2, -0.15) is 0 Å². The van der Waals surface area contributed by atoms with Gasteiger partial charge in [0.05, 0.1) is 6.04 Å². The Morgan fingerprint density at radius 2 is 1.68 bits per heavy atom. The van der Waals surface area contributed by atoms with Crippen molar-refractivity contribution in [1.29, 1.82) is 0 Å². The Labute approximate surface area is 110 Å². The third-order valence-corrected chi connectivity index (χ3v) is 2.87. The topological polar surface area (TPSA) is 35.2 Å². The van der Waals surface area contributed by atoms with E-state index in [1.807, 2.05) is 6.92 Å². The molecule has 0 radical (unpaired) electrons. The first-order valence-electron chi connectivity index (χ1n) is 5.96. The molecule has 2 nitrogen and oxygen atoms in total. The molecule has 0 spiro atoms. The van der Waals surface area contributed by atoms with E-state index < -0.39 is 0 Å². The van der Waals surface area contributed by atoms with E-state index in [-0.39, 0.29) is 24.3 Å². The maximum atomic E-state index is 13.1. The molecule has 0 fully saturated rings. The maximum absolute atomic E-state index is 13.1. The first-order valence-corrected chi connectivity index (χ1v) is 5.96. The lowest BCUT2D eigenvalue weighted by Crippen LogP contribution is -2.19. The maximum Gasteiger partial charge on any atom is 0.126 e. The second-order valence-electron chi connectivity index (χ2n) is 4.38. The van der Waals surface area contributed by atoms with E-state index in [9.17, 15) is 8.78 Å². The van der Waals surface area contributed by atoms with E-state index in [0.29, 0.717) is 5.75 Å². The molecule has 0 saturated carbocycles. The van der Waals surface area contributed by atoms with Crippen molar-refractivity contribution in [2.24, 2.45) is 5.73 Å². The molecule has 19 heavy (non-hydrogen) atoms. The van der Waals surface area contributed by atoms with Crippen molar-refractivity contribution >= 4 is 0 Å². The number of nitrogens with two attached hydrogens (primary N) is 1. The molecule has 0 amide bonds. The lowest BCUT2D eigenvalue weighted by atomic mass is 10.1. The highest BCUT2D eigenvalue weighted by Gasteiger charge is 2.08. The molecule has 0 aliphatic carbocycles. The van der Waals surface area contributed by atoms with Crippen LogP contribution in [0.3, 0.4) is 0 Å². The van der Waals surface area contributed by atoms with E-state index in [0.717, 1.165) is 11.1 Å². The summed E-state index contributed by atoms with van der Waals surface area (Å²) in [5.41, 5.74) is 7.55. The van der Waals surface area contributed by atoms with Crippen molar-refractivity contribution in [3.05, 3.63) is 65.2 Å². The molecule has 2 aromatic rings. The van der Waals surface area contributed by atoms with Gasteiger partial charge in [0, 0.05) is 6.07 Å². The zero-order valence-corrected chi connectivity index (χ0v) is 10.6. The SMILES string of the molecule is Cc1ccc(F)cc1OCC(N)c1ccc(F)cc1. The first kappa shape index (κ1) is 13.5. The van der Waals surface area contributed by atoms with Crippen LogP contribution in [0.4, 0.5) is 8.78 Å². The number of benzene rings is 2. The highest BCUT2D eigenvalue weighted by molar-refractivity contribution is 5.32. The van der Waals surface area contributed by atoms with Crippen LogP contribution in [0.25, 0.3) is 0 Å². The third-order valence-electron chi connectivity index (χ3n) is 2.87. The zero-order chi connectivity index (χ0) is 13.8. The minimum absolute atomic E-state index is 0.204. The normalized spacial score (nSPS) is 12.2. The number of ether oxygens (including phenoxy) is 1. The fourth-order valence-corrected chi connectivity index (χ4v) is 1.72. The number of halogens is 2. The van der Waals surface area contributed by atoms with Gasteiger partial charge >= 0.3 is 0 Å². The van der Waals surface area contributed by atoms with Crippen LogP contribution in [0.1, 0.15) is 17.2 Å². The van der Waals surface area contributed by atoms with Gasteiger partial charge in [0.2, 0.25) is 0 Å². The second-order valence-corrected chi connectivity index (χ2v) is 4.38. The summed E-state index contributed by atoms with van der Waals surface area (Å²) in [5.74, 6) is -0.189. The Balaban J connectivity index is 2.02. The van der Waals surface area contributed by atoms with Crippen molar-refractivity contribution in [3.8, 4) is 5.75 Å². The average molecular weight is 263 g/mol. The monoisotopic (exact) mass is 263 g/mol. The molecule has 0 saturated heterocycles. The van der Waals surface area contributed by atoms with Crippen molar-refractivity contribution in [2.45, 2.75) is 13.0 Å². The minimum atomic E-state index is -0.386. The van der Waals surface area contributed by atoms with Gasteiger partial charge in [0.1, 0.15) is 24.0 Å². The summed E-state index contributed by atoms with van der Waals surface area (Å²) in [4.78, 5) is 0. The predicted molar refractivity (Wildman–Crippen MR) is 70.0 cm³/mol. The molecule has 2 rings (SSSR count). The summed E-state index contributed by atoms with van der Waals surface area (Å²) in [7, 11) is 0. The molecule has 0 aromatic heterocycles. The molecule has 0 bridgehead atoms. The van der Waals surface area contributed by atoms with Crippen molar-refractivity contribution < 1.29 is 13.5 Å². The summed E-state index contributed by atoms with van der Waals surface area (Å²) >= 11 is 0. The molecule has 2 aromatic carbocycles. The van der Waals surface area contributed by atoms with Gasteiger partial charge in [-0.1, -0.05) is 18.2 Å². The van der Waals surface area contributed by atoms with Gasteiger partial charge in [-0.25, -0.2) is 8.78 Å². The quantitative estimate of drug-likeness (QED) is 0.918. The number of hydrogen-bond acceptors (Lipinski definition) is 2. The van der Waals surface area contributed by atoms with Crippen molar-refractivity contribution in [3.63, 3.8) is 0 Å². The van der Waals surface area contributed by atoms with Gasteiger partial charge in [-0.15, -0.1) is 0 Å². The van der Waals surface area contributed by atoms with Crippen LogP contribution < -0.4 is 10.5 Å². The van der Waals surface area contributed by atoms with Crippen molar-refractivity contribution in [2.75, 3.05) is 6.61 Å². The molecule has 0 aliphatic rings. The van der Waals surface area contributed by atoms with Gasteiger partial charge in [0.25, 0.3) is 0 Å². The van der Waals surface area contributed by atoms with E-state index >= 15 is 0 Å². The fourth-order valence-electron chi connectivity index (χ4n) is 1.72. The standard InChI is InChI=1S/C15H15F2NO/c1-10-2-5-13(17)8-15(10)19-9-14(18)11-3-6-12(16)7-4-11/h2-8,14H,9,18H2,1H3. The highest BCUT2D eigenvalue weighted by Crippen LogP contribution is 2.20. The highest BCUT2D eigenvalue weighted by atomic mass is 19.1. The Morgan fingerprint density at radius 3 is 2.37 bits per heavy atom. The van der Waals surface area contributed by atoms with Gasteiger partial charge < -0.3 is 10.5 Å². The van der Waals surface area contributed by atoms with E-state index in [1.165, 1.54) is 24.3 Å². The first-order chi connectivity index (χ1) is 9.06. The Morgan fingerprint density at radius 1 is 1.05 bits per heavy atom. The lowest BCUT2D eigenvalue weighted by Gasteiger charge is -2.15. The van der Waals surface area contributed by atoms with Gasteiger partial charge in [-0.3, -0.25) is 0 Å². The summed E-state index contributed by atoms with van der Waals surface area (Å²) < 4.78 is 31.4. The third kappa shape index (κ3) is 3.51. The fraction of sp³-hybridized carbons (Fsp3) is 0.200. The van der Waals surface area contributed by atoms with E-state index in [2.05, 4.69) is 0 Å². The molecular weight excluding hydrogens is 248 g/mol. The van der Waals surface area contributed by atoms with Crippen LogP contribution in [-0.4, -0.2) is 6.61 Å². The van der Waals surface area contributed by atoms with Crippen LogP contribution in [0.2, 0.25) is 0 Å². The Bertz CT molecular complexity index is 555. The van der Waals surface area contributed by atoms with Crippen molar-refractivity contribution in [1.82, 2.24) is 0 Å². The number of rotatable bonds is 4. The molecule has 2 N–H and O–H groups in total.